The van der Waals surface area contributed by atoms with Crippen molar-refractivity contribution in [3.8, 4) is 11.5 Å². The molecule has 1 aromatic carbocycles. The van der Waals surface area contributed by atoms with E-state index in [1.54, 1.807) is 11.8 Å². The standard InChI is InChI=1S/C19H23N3O4/c1-12-20-18(26-21-12)14-7-5-9-22(14)16(23)11-24-15-8-4-6-13-10-19(2,3)25-17(13)15/h4,6,8,14H,5,7,9-11H2,1-3H3. The predicted molar refractivity (Wildman–Crippen MR) is 93.1 cm³/mol. The lowest BCUT2D eigenvalue weighted by Crippen LogP contribution is -2.34. The molecule has 2 aromatic rings. The van der Waals surface area contributed by atoms with Crippen molar-refractivity contribution in [1.82, 2.24) is 15.0 Å². The topological polar surface area (TPSA) is 77.7 Å². The maximum absolute atomic E-state index is 12.7. The van der Waals surface area contributed by atoms with Crippen molar-refractivity contribution in [2.75, 3.05) is 13.2 Å². The minimum absolute atomic E-state index is 0.0378. The number of hydrogen-bond donors (Lipinski definition) is 0. The third kappa shape index (κ3) is 3.13. The van der Waals surface area contributed by atoms with Gasteiger partial charge >= 0.3 is 0 Å². The fourth-order valence-electron chi connectivity index (χ4n) is 3.69. The molecule has 1 aromatic heterocycles. The van der Waals surface area contributed by atoms with Gasteiger partial charge in [-0.15, -0.1) is 0 Å². The lowest BCUT2D eigenvalue weighted by atomic mass is 10.0. The molecule has 0 N–H and O–H groups in total. The zero-order chi connectivity index (χ0) is 18.3. The molecule has 0 radical (unpaired) electrons. The Hall–Kier alpha value is -2.57. The molecule has 1 saturated heterocycles. The minimum Gasteiger partial charge on any atom is -0.483 e. The van der Waals surface area contributed by atoms with E-state index in [-0.39, 0.29) is 24.2 Å². The molecular weight excluding hydrogens is 334 g/mol. The summed E-state index contributed by atoms with van der Waals surface area (Å²) in [6.07, 6.45) is 2.57. The van der Waals surface area contributed by atoms with Crippen molar-refractivity contribution >= 4 is 5.91 Å². The van der Waals surface area contributed by atoms with Crippen molar-refractivity contribution in [1.29, 1.82) is 0 Å². The minimum atomic E-state index is -0.248. The average molecular weight is 357 g/mol. The number of aromatic nitrogens is 2. The summed E-state index contributed by atoms with van der Waals surface area (Å²) in [6.45, 7) is 6.50. The highest BCUT2D eigenvalue weighted by molar-refractivity contribution is 5.78. The van der Waals surface area contributed by atoms with Gasteiger partial charge in [-0.1, -0.05) is 17.3 Å². The molecule has 0 bridgehead atoms. The van der Waals surface area contributed by atoms with Crippen LogP contribution in [0.2, 0.25) is 0 Å². The number of amides is 1. The lowest BCUT2D eigenvalue weighted by Gasteiger charge is -2.22. The van der Waals surface area contributed by atoms with Gasteiger partial charge in [0.25, 0.3) is 5.91 Å². The smallest absolute Gasteiger partial charge is 0.261 e. The molecule has 1 unspecified atom stereocenters. The number of ether oxygens (including phenoxy) is 2. The second kappa shape index (κ2) is 6.30. The summed E-state index contributed by atoms with van der Waals surface area (Å²) in [5.74, 6) is 2.36. The van der Waals surface area contributed by atoms with Crippen LogP contribution in [0.3, 0.4) is 0 Å². The zero-order valence-electron chi connectivity index (χ0n) is 15.3. The Morgan fingerprint density at radius 3 is 3.04 bits per heavy atom. The maximum Gasteiger partial charge on any atom is 0.261 e. The average Bonchev–Trinajstić information content (AvgIpc) is 3.28. The molecule has 7 nitrogen and oxygen atoms in total. The van der Waals surface area contributed by atoms with E-state index < -0.39 is 0 Å². The second-order valence-electron chi connectivity index (χ2n) is 7.50. The molecule has 26 heavy (non-hydrogen) atoms. The number of aryl methyl sites for hydroxylation is 1. The number of likely N-dealkylation sites (tertiary alicyclic amines) is 1. The fourth-order valence-corrected chi connectivity index (χ4v) is 3.69. The second-order valence-corrected chi connectivity index (χ2v) is 7.50. The van der Waals surface area contributed by atoms with E-state index in [1.165, 1.54) is 0 Å². The van der Waals surface area contributed by atoms with Crippen molar-refractivity contribution < 1.29 is 18.8 Å². The van der Waals surface area contributed by atoms with Gasteiger partial charge in [-0.25, -0.2) is 0 Å². The Balaban J connectivity index is 1.44. The Kier molecular flexibility index (Phi) is 4.09. The number of carbonyl (C=O) groups is 1. The van der Waals surface area contributed by atoms with Crippen molar-refractivity contribution in [2.45, 2.75) is 51.7 Å². The van der Waals surface area contributed by atoms with Crippen LogP contribution in [0, 0.1) is 6.92 Å². The lowest BCUT2D eigenvalue weighted by molar-refractivity contribution is -0.134. The van der Waals surface area contributed by atoms with Crippen LogP contribution in [0.5, 0.6) is 11.5 Å². The van der Waals surface area contributed by atoms with Gasteiger partial charge in [-0.05, 0) is 39.7 Å². The van der Waals surface area contributed by atoms with Crippen LogP contribution < -0.4 is 9.47 Å². The zero-order valence-corrected chi connectivity index (χ0v) is 15.3. The fraction of sp³-hybridized carbons (Fsp3) is 0.526. The maximum atomic E-state index is 12.7. The molecule has 1 atom stereocenters. The molecule has 0 spiro atoms. The van der Waals surface area contributed by atoms with Gasteiger partial charge in [-0.2, -0.15) is 4.98 Å². The van der Waals surface area contributed by atoms with Crippen LogP contribution in [0.15, 0.2) is 22.7 Å². The highest BCUT2D eigenvalue weighted by Crippen LogP contribution is 2.41. The molecule has 1 fully saturated rings. The molecule has 7 heteroatoms. The van der Waals surface area contributed by atoms with Crippen molar-refractivity contribution in [3.05, 3.63) is 35.5 Å². The first-order valence-electron chi connectivity index (χ1n) is 8.96. The quantitative estimate of drug-likeness (QED) is 0.837. The molecular formula is C19H23N3O4. The normalized spacial score (nSPS) is 20.7. The highest BCUT2D eigenvalue weighted by Gasteiger charge is 2.35. The van der Waals surface area contributed by atoms with Gasteiger partial charge in [0.2, 0.25) is 5.89 Å². The number of nitrogens with zero attached hydrogens (tertiary/aromatic N) is 3. The summed E-state index contributed by atoms with van der Waals surface area (Å²) in [5, 5.41) is 3.83. The summed E-state index contributed by atoms with van der Waals surface area (Å²) in [7, 11) is 0. The van der Waals surface area contributed by atoms with Crippen molar-refractivity contribution in [2.24, 2.45) is 0 Å². The SMILES string of the molecule is Cc1noc(C2CCCN2C(=O)COc2cccc3c2OC(C)(C)C3)n1. The van der Waals surface area contributed by atoms with E-state index in [0.29, 0.717) is 24.0 Å². The number of benzene rings is 1. The molecule has 0 aliphatic carbocycles. The van der Waals surface area contributed by atoms with E-state index in [0.717, 1.165) is 30.6 Å². The van der Waals surface area contributed by atoms with Crippen molar-refractivity contribution in [3.63, 3.8) is 0 Å². The van der Waals surface area contributed by atoms with E-state index in [1.807, 2.05) is 32.0 Å². The van der Waals surface area contributed by atoms with Crippen LogP contribution in [-0.4, -0.2) is 39.7 Å². The molecule has 4 rings (SSSR count). The van der Waals surface area contributed by atoms with Crippen LogP contribution in [0.1, 0.15) is 50.0 Å². The Bertz CT molecular complexity index is 830. The molecule has 0 saturated carbocycles. The summed E-state index contributed by atoms with van der Waals surface area (Å²) in [4.78, 5) is 18.7. The van der Waals surface area contributed by atoms with Gasteiger partial charge in [-0.3, -0.25) is 4.79 Å². The van der Waals surface area contributed by atoms with E-state index >= 15 is 0 Å². The third-order valence-corrected chi connectivity index (χ3v) is 4.81. The van der Waals surface area contributed by atoms with Crippen LogP contribution in [0.4, 0.5) is 0 Å². The largest absolute Gasteiger partial charge is 0.483 e. The number of rotatable bonds is 4. The van der Waals surface area contributed by atoms with Gasteiger partial charge in [0.05, 0.1) is 0 Å². The number of para-hydroxylation sites is 1. The van der Waals surface area contributed by atoms with E-state index in [9.17, 15) is 4.79 Å². The van der Waals surface area contributed by atoms with Gasteiger partial charge in [0.15, 0.2) is 23.9 Å². The highest BCUT2D eigenvalue weighted by atomic mass is 16.5. The number of carbonyl (C=O) groups excluding carboxylic acids is 1. The summed E-state index contributed by atoms with van der Waals surface area (Å²) in [5.41, 5.74) is 0.863. The summed E-state index contributed by atoms with van der Waals surface area (Å²) < 4.78 is 17.1. The summed E-state index contributed by atoms with van der Waals surface area (Å²) in [6, 6.07) is 5.65. The van der Waals surface area contributed by atoms with Gasteiger partial charge < -0.3 is 18.9 Å². The monoisotopic (exact) mass is 357 g/mol. The number of hydrogen-bond acceptors (Lipinski definition) is 6. The van der Waals surface area contributed by atoms with E-state index in [2.05, 4.69) is 10.1 Å². The molecule has 2 aliphatic heterocycles. The Morgan fingerprint density at radius 2 is 2.27 bits per heavy atom. The first-order valence-corrected chi connectivity index (χ1v) is 8.96. The first kappa shape index (κ1) is 16.9. The summed E-state index contributed by atoms with van der Waals surface area (Å²) >= 11 is 0. The molecule has 1 amide bonds. The third-order valence-electron chi connectivity index (χ3n) is 4.81. The van der Waals surface area contributed by atoms with Gasteiger partial charge in [0.1, 0.15) is 11.6 Å². The molecule has 3 heterocycles. The number of fused-ring (bicyclic) bond motifs is 1. The molecule has 2 aliphatic rings. The van der Waals surface area contributed by atoms with Crippen LogP contribution in [0.25, 0.3) is 0 Å². The van der Waals surface area contributed by atoms with Gasteiger partial charge in [0, 0.05) is 18.5 Å². The molecule has 138 valence electrons. The van der Waals surface area contributed by atoms with Crippen LogP contribution in [-0.2, 0) is 11.2 Å². The van der Waals surface area contributed by atoms with Crippen LogP contribution >= 0.6 is 0 Å². The first-order chi connectivity index (χ1) is 12.4. The Labute approximate surface area is 152 Å². The predicted octanol–water partition coefficient (Wildman–Crippen LogP) is 2.83. The Morgan fingerprint density at radius 1 is 1.42 bits per heavy atom. The van der Waals surface area contributed by atoms with E-state index in [4.69, 9.17) is 14.0 Å².